The summed E-state index contributed by atoms with van der Waals surface area (Å²) in [6, 6.07) is 6.82. The molecule has 1 aliphatic heterocycles. The van der Waals surface area contributed by atoms with E-state index in [4.69, 9.17) is 0 Å². The number of hydrogen-bond donors (Lipinski definition) is 1. The van der Waals surface area contributed by atoms with E-state index in [9.17, 15) is 4.39 Å². The van der Waals surface area contributed by atoms with E-state index in [-0.39, 0.29) is 16.9 Å². The first-order chi connectivity index (χ1) is 8.26. The molecule has 18 heavy (non-hydrogen) atoms. The number of hydrogen-bond acceptors (Lipinski definition) is 2. The second-order valence-corrected chi connectivity index (χ2v) is 6.66. The van der Waals surface area contributed by atoms with Crippen molar-refractivity contribution < 1.29 is 4.39 Å². The van der Waals surface area contributed by atoms with Crippen molar-refractivity contribution in [2.75, 3.05) is 13.1 Å². The second-order valence-electron chi connectivity index (χ2n) is 6.66. The van der Waals surface area contributed by atoms with Gasteiger partial charge in [0.1, 0.15) is 5.82 Å². The largest absolute Gasteiger partial charge is 0.304 e. The van der Waals surface area contributed by atoms with Crippen LogP contribution in [-0.4, -0.2) is 29.1 Å². The first-order valence-electron chi connectivity index (χ1n) is 6.52. The fourth-order valence-corrected chi connectivity index (χ4v) is 3.13. The Bertz CT molecular complexity index is 393. The molecule has 0 radical (unpaired) electrons. The summed E-state index contributed by atoms with van der Waals surface area (Å²) in [4.78, 5) is 2.43. The summed E-state index contributed by atoms with van der Waals surface area (Å²) in [5.41, 5.74) is 1.40. The summed E-state index contributed by atoms with van der Waals surface area (Å²) >= 11 is 0. The minimum Gasteiger partial charge on any atom is -0.304 e. The van der Waals surface area contributed by atoms with E-state index < -0.39 is 0 Å². The number of piperazine rings is 1. The van der Waals surface area contributed by atoms with Crippen LogP contribution < -0.4 is 5.32 Å². The highest BCUT2D eigenvalue weighted by atomic mass is 19.1. The number of nitrogens with zero attached hydrogens (tertiary/aromatic N) is 1. The molecule has 0 aliphatic carbocycles. The second kappa shape index (κ2) is 4.63. The highest BCUT2D eigenvalue weighted by Crippen LogP contribution is 2.22. The highest BCUT2D eigenvalue weighted by molar-refractivity contribution is 5.16. The van der Waals surface area contributed by atoms with Gasteiger partial charge >= 0.3 is 0 Å². The van der Waals surface area contributed by atoms with Gasteiger partial charge in [0.05, 0.1) is 0 Å². The van der Waals surface area contributed by atoms with Gasteiger partial charge in [-0.2, -0.15) is 0 Å². The van der Waals surface area contributed by atoms with Gasteiger partial charge in [-0.25, -0.2) is 4.39 Å². The van der Waals surface area contributed by atoms with Crippen molar-refractivity contribution in [2.45, 2.75) is 45.3 Å². The van der Waals surface area contributed by atoms with Crippen LogP contribution >= 0.6 is 0 Å². The minimum atomic E-state index is -0.167. The summed E-state index contributed by atoms with van der Waals surface area (Å²) in [5.74, 6) is -0.167. The van der Waals surface area contributed by atoms with Crippen molar-refractivity contribution in [3.05, 3.63) is 35.6 Å². The van der Waals surface area contributed by atoms with Gasteiger partial charge in [0.25, 0.3) is 0 Å². The molecule has 1 aromatic rings. The molecule has 100 valence electrons. The molecule has 0 amide bonds. The van der Waals surface area contributed by atoms with Gasteiger partial charge in [0, 0.05) is 30.7 Å². The Morgan fingerprint density at radius 2 is 1.56 bits per heavy atom. The molecule has 0 saturated carbocycles. The first kappa shape index (κ1) is 13.5. The van der Waals surface area contributed by atoms with Crippen LogP contribution in [0.25, 0.3) is 0 Å². The average Bonchev–Trinajstić information content (AvgIpc) is 2.16. The van der Waals surface area contributed by atoms with E-state index in [1.165, 1.54) is 17.7 Å². The smallest absolute Gasteiger partial charge is 0.123 e. The molecule has 1 aromatic carbocycles. The van der Waals surface area contributed by atoms with Gasteiger partial charge in [-0.3, -0.25) is 4.90 Å². The number of halogens is 1. The standard InChI is InChI=1S/C15H23FN2/c1-14(2)10-18(11-15(3,4)17-14)9-12-5-7-13(16)8-6-12/h5-8,17H,9-11H2,1-4H3. The van der Waals surface area contributed by atoms with E-state index >= 15 is 0 Å². The lowest BCUT2D eigenvalue weighted by atomic mass is 9.91. The summed E-state index contributed by atoms with van der Waals surface area (Å²) in [6.07, 6.45) is 0. The van der Waals surface area contributed by atoms with Gasteiger partial charge in [0.15, 0.2) is 0 Å². The van der Waals surface area contributed by atoms with Crippen molar-refractivity contribution in [2.24, 2.45) is 0 Å². The summed E-state index contributed by atoms with van der Waals surface area (Å²) in [5, 5.41) is 3.66. The fraction of sp³-hybridized carbons (Fsp3) is 0.600. The third-order valence-corrected chi connectivity index (χ3v) is 3.23. The molecule has 1 aliphatic rings. The first-order valence-corrected chi connectivity index (χ1v) is 6.52. The van der Waals surface area contributed by atoms with Gasteiger partial charge in [-0.1, -0.05) is 12.1 Å². The molecule has 2 rings (SSSR count). The lowest BCUT2D eigenvalue weighted by Crippen LogP contribution is -2.66. The average molecular weight is 250 g/mol. The zero-order valence-electron chi connectivity index (χ0n) is 11.8. The van der Waals surface area contributed by atoms with Crippen LogP contribution in [0.5, 0.6) is 0 Å². The van der Waals surface area contributed by atoms with Gasteiger partial charge < -0.3 is 5.32 Å². The zero-order chi connectivity index (χ0) is 13.4. The van der Waals surface area contributed by atoms with E-state index in [0.29, 0.717) is 0 Å². The topological polar surface area (TPSA) is 15.3 Å². The van der Waals surface area contributed by atoms with Crippen molar-refractivity contribution in [3.8, 4) is 0 Å². The number of nitrogens with one attached hydrogen (secondary N) is 1. The van der Waals surface area contributed by atoms with Gasteiger partial charge in [0.2, 0.25) is 0 Å². The third kappa shape index (κ3) is 3.53. The Hall–Kier alpha value is -0.930. The Morgan fingerprint density at radius 1 is 1.06 bits per heavy atom. The van der Waals surface area contributed by atoms with Crippen molar-refractivity contribution >= 4 is 0 Å². The Morgan fingerprint density at radius 3 is 2.06 bits per heavy atom. The molecule has 0 spiro atoms. The maximum Gasteiger partial charge on any atom is 0.123 e. The van der Waals surface area contributed by atoms with Crippen LogP contribution in [-0.2, 0) is 6.54 Å². The van der Waals surface area contributed by atoms with Crippen LogP contribution in [0.2, 0.25) is 0 Å². The summed E-state index contributed by atoms with van der Waals surface area (Å²) < 4.78 is 12.9. The van der Waals surface area contributed by atoms with E-state index in [1.807, 2.05) is 12.1 Å². The monoisotopic (exact) mass is 250 g/mol. The van der Waals surface area contributed by atoms with E-state index in [0.717, 1.165) is 19.6 Å². The molecule has 0 atom stereocenters. The van der Waals surface area contributed by atoms with Crippen LogP contribution in [0.4, 0.5) is 4.39 Å². The van der Waals surface area contributed by atoms with Crippen molar-refractivity contribution in [1.82, 2.24) is 10.2 Å². The quantitative estimate of drug-likeness (QED) is 0.868. The van der Waals surface area contributed by atoms with Crippen LogP contribution in [0.3, 0.4) is 0 Å². The minimum absolute atomic E-state index is 0.113. The molecule has 1 fully saturated rings. The molecule has 1 N–H and O–H groups in total. The summed E-state index contributed by atoms with van der Waals surface area (Å²) in [6.45, 7) is 11.8. The molecule has 2 nitrogen and oxygen atoms in total. The third-order valence-electron chi connectivity index (χ3n) is 3.23. The van der Waals surface area contributed by atoms with E-state index in [1.54, 1.807) is 0 Å². The zero-order valence-corrected chi connectivity index (χ0v) is 11.8. The molecular formula is C15H23FN2. The summed E-state index contributed by atoms with van der Waals surface area (Å²) in [7, 11) is 0. The highest BCUT2D eigenvalue weighted by Gasteiger charge is 2.36. The predicted octanol–water partition coefficient (Wildman–Crippen LogP) is 2.79. The van der Waals surface area contributed by atoms with Gasteiger partial charge in [-0.05, 0) is 45.4 Å². The molecule has 0 bridgehead atoms. The van der Waals surface area contributed by atoms with Crippen molar-refractivity contribution in [3.63, 3.8) is 0 Å². The molecule has 0 unspecified atom stereocenters. The van der Waals surface area contributed by atoms with Crippen LogP contribution in [0.1, 0.15) is 33.3 Å². The SMILES string of the molecule is CC1(C)CN(Cc2ccc(F)cc2)CC(C)(C)N1. The van der Waals surface area contributed by atoms with Gasteiger partial charge in [-0.15, -0.1) is 0 Å². The fourth-order valence-electron chi connectivity index (χ4n) is 3.13. The molecule has 1 heterocycles. The normalized spacial score (nSPS) is 22.9. The molecule has 3 heteroatoms. The maximum absolute atomic E-state index is 12.9. The van der Waals surface area contributed by atoms with Crippen molar-refractivity contribution in [1.29, 1.82) is 0 Å². The Kier molecular flexibility index (Phi) is 3.47. The number of rotatable bonds is 2. The molecular weight excluding hydrogens is 227 g/mol. The Balaban J connectivity index is 2.07. The lowest BCUT2D eigenvalue weighted by Gasteiger charge is -2.48. The lowest BCUT2D eigenvalue weighted by molar-refractivity contribution is 0.0728. The van der Waals surface area contributed by atoms with Crippen LogP contribution in [0, 0.1) is 5.82 Å². The van der Waals surface area contributed by atoms with Crippen LogP contribution in [0.15, 0.2) is 24.3 Å². The Labute approximate surface area is 109 Å². The molecule has 0 aromatic heterocycles. The molecule has 1 saturated heterocycles. The maximum atomic E-state index is 12.9. The number of benzene rings is 1. The predicted molar refractivity (Wildman–Crippen MR) is 73.0 cm³/mol. The van der Waals surface area contributed by atoms with E-state index in [2.05, 4.69) is 37.9 Å².